The van der Waals surface area contributed by atoms with E-state index in [9.17, 15) is 14.4 Å². The molecule has 3 amide bonds. The van der Waals surface area contributed by atoms with E-state index in [0.717, 1.165) is 24.1 Å². The summed E-state index contributed by atoms with van der Waals surface area (Å²) in [4.78, 5) is 41.6. The van der Waals surface area contributed by atoms with Crippen LogP contribution in [0.2, 0.25) is 0 Å². The lowest BCUT2D eigenvalue weighted by molar-refractivity contribution is 0.0130. The van der Waals surface area contributed by atoms with E-state index in [-0.39, 0.29) is 18.6 Å². The Labute approximate surface area is 219 Å². The van der Waals surface area contributed by atoms with Crippen molar-refractivity contribution in [3.05, 3.63) is 65.7 Å². The summed E-state index contributed by atoms with van der Waals surface area (Å²) in [5.41, 5.74) is 4.38. The van der Waals surface area contributed by atoms with Gasteiger partial charge in [-0.25, -0.2) is 14.6 Å². The summed E-state index contributed by atoms with van der Waals surface area (Å²) >= 11 is 0. The monoisotopic (exact) mass is 510 g/mol. The minimum absolute atomic E-state index is 0.257. The van der Waals surface area contributed by atoms with Gasteiger partial charge in [0.1, 0.15) is 12.2 Å². The predicted molar refractivity (Wildman–Crippen MR) is 142 cm³/mol. The number of hydrazine groups is 1. The first-order chi connectivity index (χ1) is 17.7. The molecule has 2 aromatic rings. The first-order valence-corrected chi connectivity index (χ1v) is 12.8. The molecule has 0 saturated carbocycles. The second kappa shape index (κ2) is 13.0. The van der Waals surface area contributed by atoms with E-state index in [0.29, 0.717) is 38.3 Å². The van der Waals surface area contributed by atoms with Crippen LogP contribution >= 0.6 is 0 Å². The van der Waals surface area contributed by atoms with Crippen molar-refractivity contribution in [1.29, 1.82) is 0 Å². The third-order valence-corrected chi connectivity index (χ3v) is 5.82. The van der Waals surface area contributed by atoms with Crippen molar-refractivity contribution in [1.82, 2.24) is 15.3 Å². The van der Waals surface area contributed by atoms with Crippen LogP contribution in [0, 0.1) is 0 Å². The van der Waals surface area contributed by atoms with Crippen LogP contribution in [0.5, 0.6) is 0 Å². The summed E-state index contributed by atoms with van der Waals surface area (Å²) in [6.45, 7) is 10.4. The number of ether oxygens (including phenoxy) is 2. The molecule has 1 N–H and O–H groups in total. The number of hydrogen-bond acceptors (Lipinski definition) is 6. The van der Waals surface area contributed by atoms with Gasteiger partial charge in [0.2, 0.25) is 0 Å². The van der Waals surface area contributed by atoms with Crippen LogP contribution in [0.4, 0.5) is 15.3 Å². The lowest BCUT2D eigenvalue weighted by atomic mass is 10.1. The van der Waals surface area contributed by atoms with Gasteiger partial charge >= 0.3 is 12.2 Å². The van der Waals surface area contributed by atoms with Gasteiger partial charge in [-0.05, 0) is 57.0 Å². The summed E-state index contributed by atoms with van der Waals surface area (Å²) in [5, 5.41) is 1.24. The molecule has 3 rings (SSSR count). The zero-order chi connectivity index (χ0) is 26.8. The molecule has 37 heavy (non-hydrogen) atoms. The number of unbranched alkanes of at least 4 members (excludes halogenated alkanes) is 1. The highest BCUT2D eigenvalue weighted by Gasteiger charge is 2.25. The van der Waals surface area contributed by atoms with Crippen molar-refractivity contribution in [3.63, 3.8) is 0 Å². The molecule has 200 valence electrons. The number of carbonyl (C=O) groups excluding carboxylic acids is 3. The molecule has 0 unspecified atom stereocenters. The van der Waals surface area contributed by atoms with Crippen molar-refractivity contribution >= 4 is 23.8 Å². The molecular weight excluding hydrogens is 472 g/mol. The third kappa shape index (κ3) is 8.70. The van der Waals surface area contributed by atoms with Crippen LogP contribution in [0.15, 0.2) is 54.6 Å². The van der Waals surface area contributed by atoms with Crippen LogP contribution in [0.25, 0.3) is 0 Å². The number of amides is 3. The topological polar surface area (TPSA) is 91.4 Å². The Morgan fingerprint density at radius 1 is 0.946 bits per heavy atom. The van der Waals surface area contributed by atoms with Gasteiger partial charge in [0.25, 0.3) is 5.91 Å². The molecule has 0 atom stereocenters. The number of carbonyl (C=O) groups is 3. The maximum absolute atomic E-state index is 12.8. The molecule has 0 aromatic heterocycles. The van der Waals surface area contributed by atoms with Crippen LogP contribution < -0.4 is 10.3 Å². The molecule has 0 radical (unpaired) electrons. The van der Waals surface area contributed by atoms with E-state index in [1.54, 1.807) is 37.8 Å². The van der Waals surface area contributed by atoms with Gasteiger partial charge in [-0.15, -0.1) is 0 Å². The average Bonchev–Trinajstić information content (AvgIpc) is 2.89. The average molecular weight is 511 g/mol. The SMILES string of the molecule is CCCCN(NC(=O)c1ccc(N2CCN(C(=O)OCc3ccccc3)CC2)cc1)C(=O)OC(C)(C)C. The lowest BCUT2D eigenvalue weighted by Gasteiger charge is -2.35. The Morgan fingerprint density at radius 3 is 2.19 bits per heavy atom. The molecule has 9 nitrogen and oxygen atoms in total. The largest absolute Gasteiger partial charge is 0.445 e. The van der Waals surface area contributed by atoms with Gasteiger partial charge < -0.3 is 19.3 Å². The van der Waals surface area contributed by atoms with E-state index in [4.69, 9.17) is 9.47 Å². The van der Waals surface area contributed by atoms with Gasteiger partial charge in [0.05, 0.1) is 0 Å². The van der Waals surface area contributed by atoms with Gasteiger partial charge in [-0.3, -0.25) is 10.2 Å². The molecule has 9 heteroatoms. The van der Waals surface area contributed by atoms with E-state index < -0.39 is 11.7 Å². The number of anilines is 1. The van der Waals surface area contributed by atoms with Crippen molar-refractivity contribution < 1.29 is 23.9 Å². The van der Waals surface area contributed by atoms with Crippen LogP contribution in [0.3, 0.4) is 0 Å². The van der Waals surface area contributed by atoms with Crippen molar-refractivity contribution in [2.45, 2.75) is 52.7 Å². The Bertz CT molecular complexity index is 1030. The van der Waals surface area contributed by atoms with Crippen molar-refractivity contribution in [3.8, 4) is 0 Å². The fourth-order valence-corrected chi connectivity index (χ4v) is 3.79. The van der Waals surface area contributed by atoms with E-state index in [2.05, 4.69) is 10.3 Å². The minimum atomic E-state index is -0.656. The summed E-state index contributed by atoms with van der Waals surface area (Å²) < 4.78 is 10.9. The third-order valence-electron chi connectivity index (χ3n) is 5.82. The van der Waals surface area contributed by atoms with Gasteiger partial charge in [-0.2, -0.15) is 0 Å². The molecule has 1 saturated heterocycles. The van der Waals surface area contributed by atoms with Gasteiger partial charge in [0.15, 0.2) is 0 Å². The number of piperazine rings is 1. The summed E-state index contributed by atoms with van der Waals surface area (Å²) in [5.74, 6) is -0.375. The second-order valence-electron chi connectivity index (χ2n) is 9.99. The number of nitrogens with zero attached hydrogens (tertiary/aromatic N) is 3. The molecule has 1 fully saturated rings. The fourth-order valence-electron chi connectivity index (χ4n) is 3.79. The second-order valence-corrected chi connectivity index (χ2v) is 9.99. The van der Waals surface area contributed by atoms with Crippen LogP contribution in [-0.4, -0.2) is 66.3 Å². The van der Waals surface area contributed by atoms with Gasteiger partial charge in [-0.1, -0.05) is 43.7 Å². The Hall–Kier alpha value is -3.75. The van der Waals surface area contributed by atoms with Crippen molar-refractivity contribution in [2.24, 2.45) is 0 Å². The quantitative estimate of drug-likeness (QED) is 0.537. The standard InChI is InChI=1S/C28H38N4O5/c1-5-6-16-32(27(35)37-28(2,3)4)29-25(33)23-12-14-24(15-13-23)30-17-19-31(20-18-30)26(34)36-21-22-10-8-7-9-11-22/h7-15H,5-6,16-21H2,1-4H3,(H,29,33). The Morgan fingerprint density at radius 2 is 1.59 bits per heavy atom. The predicted octanol–water partition coefficient (Wildman–Crippen LogP) is 4.83. The van der Waals surface area contributed by atoms with Crippen LogP contribution in [-0.2, 0) is 16.1 Å². The fraction of sp³-hybridized carbons (Fsp3) is 0.464. The normalized spacial score (nSPS) is 13.6. The first-order valence-electron chi connectivity index (χ1n) is 12.8. The van der Waals surface area contributed by atoms with Gasteiger partial charge in [0, 0.05) is 44.0 Å². The van der Waals surface area contributed by atoms with E-state index in [1.807, 2.05) is 49.4 Å². The highest BCUT2D eigenvalue weighted by Crippen LogP contribution is 2.18. The van der Waals surface area contributed by atoms with E-state index in [1.165, 1.54) is 5.01 Å². The molecule has 0 aliphatic carbocycles. The summed E-state index contributed by atoms with van der Waals surface area (Å²) in [6, 6.07) is 16.8. The molecule has 1 aliphatic heterocycles. The highest BCUT2D eigenvalue weighted by molar-refractivity contribution is 5.95. The maximum Gasteiger partial charge on any atom is 0.429 e. The summed E-state index contributed by atoms with van der Waals surface area (Å²) in [7, 11) is 0. The number of nitrogens with one attached hydrogen (secondary N) is 1. The van der Waals surface area contributed by atoms with E-state index >= 15 is 0 Å². The molecule has 2 aromatic carbocycles. The number of hydrogen-bond donors (Lipinski definition) is 1. The number of benzene rings is 2. The Kier molecular flexibility index (Phi) is 9.77. The molecule has 1 aliphatic rings. The first kappa shape index (κ1) is 27.8. The molecule has 1 heterocycles. The molecule has 0 bridgehead atoms. The highest BCUT2D eigenvalue weighted by atomic mass is 16.6. The summed E-state index contributed by atoms with van der Waals surface area (Å²) in [6.07, 6.45) is 0.728. The minimum Gasteiger partial charge on any atom is -0.445 e. The zero-order valence-electron chi connectivity index (χ0n) is 22.2. The molecular formula is C28H38N4O5. The maximum atomic E-state index is 12.8. The van der Waals surface area contributed by atoms with Crippen LogP contribution in [0.1, 0.15) is 56.5 Å². The zero-order valence-corrected chi connectivity index (χ0v) is 22.2. The number of rotatable bonds is 7. The lowest BCUT2D eigenvalue weighted by Crippen LogP contribution is -2.49. The molecule has 0 spiro atoms. The Balaban J connectivity index is 1.51. The van der Waals surface area contributed by atoms with Crippen molar-refractivity contribution in [2.75, 3.05) is 37.6 Å². The smallest absolute Gasteiger partial charge is 0.429 e.